The van der Waals surface area contributed by atoms with Gasteiger partial charge < -0.3 is 24.9 Å². The molecule has 3 aromatic rings. The summed E-state index contributed by atoms with van der Waals surface area (Å²) in [4.78, 5) is 22.3. The van der Waals surface area contributed by atoms with Crippen molar-refractivity contribution in [2.24, 2.45) is 5.73 Å². The minimum atomic E-state index is -0.516. The summed E-state index contributed by atoms with van der Waals surface area (Å²) in [6.07, 6.45) is 2.38. The molecule has 0 fully saturated rings. The number of carbonyl (C=O) groups is 2. The molecule has 0 saturated heterocycles. The predicted octanol–water partition coefficient (Wildman–Crippen LogP) is 2.13. The average Bonchev–Trinajstić information content (AvgIpc) is 3.01. The Balaban J connectivity index is 0.00000109. The largest absolute Gasteiger partial charge is 0.489 e. The summed E-state index contributed by atoms with van der Waals surface area (Å²) in [6.45, 7) is 0.606. The number of nitrogens with two attached hydrogens (primary N) is 1. The first-order chi connectivity index (χ1) is 12.2. The van der Waals surface area contributed by atoms with Crippen LogP contribution in [0.25, 0.3) is 10.9 Å². The molecule has 6 heteroatoms. The molecule has 0 unspecified atom stereocenters. The highest BCUT2D eigenvalue weighted by molar-refractivity contribution is 6.06. The van der Waals surface area contributed by atoms with Crippen LogP contribution in [0, 0.1) is 0 Å². The highest BCUT2D eigenvalue weighted by Crippen LogP contribution is 2.26. The van der Waals surface area contributed by atoms with E-state index < -0.39 is 5.91 Å². The molecule has 1 aromatic heterocycles. The molecule has 0 aliphatic rings. The van der Waals surface area contributed by atoms with Crippen LogP contribution in [0.2, 0.25) is 0 Å². The number of rotatable bonds is 6. The molecule has 0 bridgehead atoms. The summed E-state index contributed by atoms with van der Waals surface area (Å²) in [5.74, 6) is 0.153. The average molecular weight is 340 g/mol. The van der Waals surface area contributed by atoms with Crippen LogP contribution in [0.4, 0.5) is 0 Å². The number of amides is 1. The summed E-state index contributed by atoms with van der Waals surface area (Å²) < 4.78 is 7.48. The van der Waals surface area contributed by atoms with E-state index in [9.17, 15) is 9.59 Å². The van der Waals surface area contributed by atoms with Crippen LogP contribution in [-0.2, 0) is 17.9 Å². The lowest BCUT2D eigenvalue weighted by molar-refractivity contribution is -0.108. The fraction of sp³-hybridized carbons (Fsp3) is 0.158. The van der Waals surface area contributed by atoms with Gasteiger partial charge in [-0.25, -0.2) is 0 Å². The number of aldehydes is 1. The molecule has 0 radical (unpaired) electrons. The van der Waals surface area contributed by atoms with E-state index in [2.05, 4.69) is 0 Å². The van der Waals surface area contributed by atoms with Crippen molar-refractivity contribution in [3.8, 4) is 5.75 Å². The monoisotopic (exact) mass is 340 g/mol. The van der Waals surface area contributed by atoms with Gasteiger partial charge in [-0.2, -0.15) is 0 Å². The number of carbonyl (C=O) groups excluding carboxylic acids is 2. The standard InChI is InChI=1S/C18H16N2O3.CH4O/c19-18(22)16-11-20(8-9-21)17-10-14(6-7-15(16)17)23-12-13-4-2-1-3-5-13;1-2/h1-7,9-11H,8,12H2,(H2,19,22);2H,1H3. The van der Waals surface area contributed by atoms with Crippen LogP contribution in [-0.4, -0.2) is 29.0 Å². The number of ether oxygens (including phenoxy) is 1. The van der Waals surface area contributed by atoms with E-state index in [0.29, 0.717) is 23.3 Å². The number of aliphatic hydroxyl groups is 1. The molecule has 1 amide bonds. The maximum atomic E-state index is 11.5. The number of hydrogen-bond acceptors (Lipinski definition) is 4. The third kappa shape index (κ3) is 4.24. The normalized spacial score (nSPS) is 10.0. The third-order valence-corrected chi connectivity index (χ3v) is 3.64. The Labute approximate surface area is 145 Å². The summed E-state index contributed by atoms with van der Waals surface area (Å²) in [5.41, 5.74) is 7.60. The number of primary amides is 1. The minimum absolute atomic E-state index is 0.159. The van der Waals surface area contributed by atoms with Gasteiger partial charge in [0.2, 0.25) is 0 Å². The number of nitrogens with zero attached hydrogens (tertiary/aromatic N) is 1. The Morgan fingerprint density at radius 1 is 1.20 bits per heavy atom. The van der Waals surface area contributed by atoms with Crippen molar-refractivity contribution < 1.29 is 19.4 Å². The number of aromatic nitrogens is 1. The summed E-state index contributed by atoms with van der Waals surface area (Å²) in [6, 6.07) is 15.2. The summed E-state index contributed by atoms with van der Waals surface area (Å²) in [5, 5.41) is 7.71. The quantitative estimate of drug-likeness (QED) is 0.672. The second-order valence-electron chi connectivity index (χ2n) is 5.18. The number of hydrogen-bond donors (Lipinski definition) is 2. The maximum absolute atomic E-state index is 11.5. The minimum Gasteiger partial charge on any atom is -0.489 e. The van der Waals surface area contributed by atoms with Gasteiger partial charge in [-0.3, -0.25) is 4.79 Å². The van der Waals surface area contributed by atoms with Crippen molar-refractivity contribution in [1.82, 2.24) is 4.57 Å². The lowest BCUT2D eigenvalue weighted by Crippen LogP contribution is -2.10. The fourth-order valence-corrected chi connectivity index (χ4v) is 2.53. The molecule has 0 spiro atoms. The van der Waals surface area contributed by atoms with E-state index >= 15 is 0 Å². The Hall–Kier alpha value is -3.12. The first-order valence-electron chi connectivity index (χ1n) is 7.67. The number of aliphatic hydroxyl groups excluding tert-OH is 1. The van der Waals surface area contributed by atoms with Crippen molar-refractivity contribution in [3.05, 3.63) is 65.9 Å². The summed E-state index contributed by atoms with van der Waals surface area (Å²) in [7, 11) is 1.00. The lowest BCUT2D eigenvalue weighted by atomic mass is 10.1. The predicted molar refractivity (Wildman–Crippen MR) is 95.4 cm³/mol. The molecule has 2 aromatic carbocycles. The van der Waals surface area contributed by atoms with Crippen molar-refractivity contribution in [1.29, 1.82) is 0 Å². The smallest absolute Gasteiger partial charge is 0.250 e. The second-order valence-corrected chi connectivity index (χ2v) is 5.18. The zero-order valence-electron chi connectivity index (χ0n) is 13.9. The van der Waals surface area contributed by atoms with Gasteiger partial charge in [0.05, 0.1) is 17.6 Å². The van der Waals surface area contributed by atoms with Crippen molar-refractivity contribution in [2.45, 2.75) is 13.2 Å². The van der Waals surface area contributed by atoms with Gasteiger partial charge in [0.1, 0.15) is 18.6 Å². The van der Waals surface area contributed by atoms with E-state index in [-0.39, 0.29) is 6.54 Å². The van der Waals surface area contributed by atoms with E-state index in [1.165, 1.54) is 0 Å². The molecule has 25 heavy (non-hydrogen) atoms. The van der Waals surface area contributed by atoms with E-state index in [0.717, 1.165) is 24.5 Å². The third-order valence-electron chi connectivity index (χ3n) is 3.64. The van der Waals surface area contributed by atoms with Gasteiger partial charge in [0.15, 0.2) is 0 Å². The van der Waals surface area contributed by atoms with Crippen molar-refractivity contribution in [2.75, 3.05) is 7.11 Å². The van der Waals surface area contributed by atoms with Crippen LogP contribution in [0.5, 0.6) is 5.75 Å². The number of benzene rings is 2. The lowest BCUT2D eigenvalue weighted by Gasteiger charge is -2.07. The van der Waals surface area contributed by atoms with Crippen LogP contribution in [0.3, 0.4) is 0 Å². The van der Waals surface area contributed by atoms with Gasteiger partial charge in [0.25, 0.3) is 5.91 Å². The Morgan fingerprint density at radius 3 is 2.56 bits per heavy atom. The molecule has 6 nitrogen and oxygen atoms in total. The number of fused-ring (bicyclic) bond motifs is 1. The van der Waals surface area contributed by atoms with E-state index in [4.69, 9.17) is 15.6 Å². The molecule has 0 aliphatic carbocycles. The molecule has 1 heterocycles. The Bertz CT molecular complexity index is 856. The molecule has 0 atom stereocenters. The van der Waals surface area contributed by atoms with Crippen LogP contribution in [0.1, 0.15) is 15.9 Å². The van der Waals surface area contributed by atoms with E-state index in [1.54, 1.807) is 22.9 Å². The Kier molecular flexibility index (Phi) is 6.31. The fourth-order valence-electron chi connectivity index (χ4n) is 2.53. The van der Waals surface area contributed by atoms with Gasteiger partial charge in [-0.15, -0.1) is 0 Å². The topological polar surface area (TPSA) is 94.5 Å². The van der Waals surface area contributed by atoms with Gasteiger partial charge in [-0.1, -0.05) is 30.3 Å². The van der Waals surface area contributed by atoms with Crippen molar-refractivity contribution >= 4 is 23.1 Å². The van der Waals surface area contributed by atoms with E-state index in [1.807, 2.05) is 36.4 Å². The molecule has 0 saturated carbocycles. The SMILES string of the molecule is CO.NC(=O)c1cn(CC=O)c2cc(OCc3ccccc3)ccc12. The zero-order valence-corrected chi connectivity index (χ0v) is 13.9. The summed E-state index contributed by atoms with van der Waals surface area (Å²) >= 11 is 0. The van der Waals surface area contributed by atoms with Gasteiger partial charge in [0, 0.05) is 24.8 Å². The molecule has 3 rings (SSSR count). The van der Waals surface area contributed by atoms with Crippen molar-refractivity contribution in [3.63, 3.8) is 0 Å². The van der Waals surface area contributed by atoms with Gasteiger partial charge in [-0.05, 0) is 17.7 Å². The highest BCUT2D eigenvalue weighted by Gasteiger charge is 2.13. The second kappa shape index (κ2) is 8.65. The van der Waals surface area contributed by atoms with Crippen LogP contribution < -0.4 is 10.5 Å². The molecule has 130 valence electrons. The molecule has 0 aliphatic heterocycles. The highest BCUT2D eigenvalue weighted by atomic mass is 16.5. The molecular formula is C19H20N2O4. The van der Waals surface area contributed by atoms with Gasteiger partial charge >= 0.3 is 0 Å². The van der Waals surface area contributed by atoms with Crippen LogP contribution >= 0.6 is 0 Å². The Morgan fingerprint density at radius 2 is 1.92 bits per heavy atom. The molecular weight excluding hydrogens is 320 g/mol. The zero-order chi connectivity index (χ0) is 18.2. The molecule has 3 N–H and O–H groups in total. The first kappa shape index (κ1) is 18.2. The maximum Gasteiger partial charge on any atom is 0.250 e. The van der Waals surface area contributed by atoms with Crippen LogP contribution in [0.15, 0.2) is 54.7 Å². The first-order valence-corrected chi connectivity index (χ1v) is 7.67.